The van der Waals surface area contributed by atoms with E-state index in [1.54, 1.807) is 24.7 Å². The van der Waals surface area contributed by atoms with E-state index in [0.29, 0.717) is 23.6 Å². The van der Waals surface area contributed by atoms with Gasteiger partial charge in [0.1, 0.15) is 22.3 Å². The van der Waals surface area contributed by atoms with E-state index in [4.69, 9.17) is 9.47 Å². The monoisotopic (exact) mass is 400 g/mol. The maximum Gasteiger partial charge on any atom is 0.355 e. The minimum Gasteiger partial charge on any atom is -0.495 e. The first-order valence-electron chi connectivity index (χ1n) is 9.21. The van der Waals surface area contributed by atoms with Gasteiger partial charge in [-0.2, -0.15) is 0 Å². The van der Waals surface area contributed by atoms with Gasteiger partial charge < -0.3 is 19.4 Å². The Hall–Kier alpha value is -2.80. The molecule has 0 radical (unpaired) electrons. The Balaban J connectivity index is 2.00. The minimum absolute atomic E-state index is 0.206. The van der Waals surface area contributed by atoms with Gasteiger partial charge in [-0.3, -0.25) is 4.79 Å². The van der Waals surface area contributed by atoms with E-state index in [1.165, 1.54) is 11.3 Å². The van der Waals surface area contributed by atoms with Gasteiger partial charge >= 0.3 is 5.97 Å². The maximum absolute atomic E-state index is 13.2. The molecule has 6 nitrogen and oxygen atoms in total. The van der Waals surface area contributed by atoms with Gasteiger partial charge in [-0.1, -0.05) is 13.0 Å². The van der Waals surface area contributed by atoms with E-state index in [2.05, 4.69) is 5.32 Å². The zero-order valence-electron chi connectivity index (χ0n) is 16.4. The van der Waals surface area contributed by atoms with Crippen LogP contribution >= 0.6 is 11.3 Å². The van der Waals surface area contributed by atoms with Crippen LogP contribution in [0.15, 0.2) is 35.7 Å². The first kappa shape index (κ1) is 19.9. The first-order chi connectivity index (χ1) is 13.5. The number of rotatable bonds is 7. The van der Waals surface area contributed by atoms with Crippen LogP contribution in [0.3, 0.4) is 0 Å². The van der Waals surface area contributed by atoms with Crippen LogP contribution in [0.5, 0.6) is 5.75 Å². The largest absolute Gasteiger partial charge is 0.495 e. The number of hydrogen-bond donors (Lipinski definition) is 1. The Bertz CT molecular complexity index is 1010. The molecule has 2 aromatic heterocycles. The van der Waals surface area contributed by atoms with Gasteiger partial charge in [-0.25, -0.2) is 4.79 Å². The molecule has 0 saturated carbocycles. The number of nitrogens with zero attached hydrogens (tertiary/aromatic N) is 1. The number of carbonyl (C=O) groups is 2. The summed E-state index contributed by atoms with van der Waals surface area (Å²) in [4.78, 5) is 26.6. The standard InChI is InChI=1S/C21H24N2O4S/c1-5-16(19(24)22-15-11-13(3)7-8-18(15)26-4)23-17(21(25)27-6-2)12-14-9-10-28-20(14)23/h7-12,16H,5-6H2,1-4H3,(H,22,24). The lowest BCUT2D eigenvalue weighted by Gasteiger charge is -2.21. The number of ether oxygens (including phenoxy) is 2. The number of amides is 1. The van der Waals surface area contributed by atoms with Gasteiger partial charge in [-0.05, 0) is 55.5 Å². The van der Waals surface area contributed by atoms with Crippen LogP contribution in [-0.4, -0.2) is 30.2 Å². The van der Waals surface area contributed by atoms with Crippen molar-refractivity contribution in [3.63, 3.8) is 0 Å². The zero-order chi connectivity index (χ0) is 20.3. The number of fused-ring (bicyclic) bond motifs is 1. The Labute approximate surface area is 168 Å². The molecule has 0 spiro atoms. The maximum atomic E-state index is 13.2. The molecule has 0 saturated heterocycles. The lowest BCUT2D eigenvalue weighted by atomic mass is 10.1. The molecule has 1 aromatic carbocycles. The number of nitrogens with one attached hydrogen (secondary N) is 1. The number of methoxy groups -OCH3 is 1. The quantitative estimate of drug-likeness (QED) is 0.579. The fourth-order valence-electron chi connectivity index (χ4n) is 3.24. The molecule has 3 rings (SSSR count). The molecule has 0 aliphatic carbocycles. The summed E-state index contributed by atoms with van der Waals surface area (Å²) in [5, 5.41) is 5.84. The predicted molar refractivity (Wildman–Crippen MR) is 111 cm³/mol. The normalized spacial score (nSPS) is 12.0. The Morgan fingerprint density at radius 1 is 1.21 bits per heavy atom. The van der Waals surface area contributed by atoms with Crippen molar-refractivity contribution in [2.24, 2.45) is 0 Å². The molecule has 1 unspecified atom stereocenters. The van der Waals surface area contributed by atoms with Gasteiger partial charge in [0.15, 0.2) is 0 Å². The highest BCUT2D eigenvalue weighted by Gasteiger charge is 2.27. The van der Waals surface area contributed by atoms with Crippen LogP contribution in [0.2, 0.25) is 0 Å². The summed E-state index contributed by atoms with van der Waals surface area (Å²) in [7, 11) is 1.57. The summed E-state index contributed by atoms with van der Waals surface area (Å²) in [5.41, 5.74) is 2.01. The van der Waals surface area contributed by atoms with Gasteiger partial charge in [0.2, 0.25) is 5.91 Å². The number of esters is 1. The number of anilines is 1. The lowest BCUT2D eigenvalue weighted by molar-refractivity contribution is -0.119. The van der Waals surface area contributed by atoms with E-state index in [1.807, 2.05) is 43.5 Å². The van der Waals surface area contributed by atoms with Crippen molar-refractivity contribution in [2.75, 3.05) is 19.0 Å². The van der Waals surface area contributed by atoms with E-state index >= 15 is 0 Å². The topological polar surface area (TPSA) is 69.6 Å². The fourth-order valence-corrected chi connectivity index (χ4v) is 4.18. The molecule has 1 N–H and O–H groups in total. The molecule has 1 amide bonds. The number of benzene rings is 1. The van der Waals surface area contributed by atoms with Crippen LogP contribution in [0.25, 0.3) is 10.2 Å². The third-order valence-electron chi connectivity index (χ3n) is 4.54. The third kappa shape index (κ3) is 3.75. The van der Waals surface area contributed by atoms with Gasteiger partial charge in [-0.15, -0.1) is 11.3 Å². The highest BCUT2D eigenvalue weighted by molar-refractivity contribution is 7.16. The SMILES string of the molecule is CCOC(=O)c1cc2ccsc2n1C(CC)C(=O)Nc1cc(C)ccc1OC. The highest BCUT2D eigenvalue weighted by Crippen LogP contribution is 2.32. The summed E-state index contributed by atoms with van der Waals surface area (Å²) in [6, 6.07) is 8.78. The lowest BCUT2D eigenvalue weighted by Crippen LogP contribution is -2.28. The Morgan fingerprint density at radius 3 is 2.68 bits per heavy atom. The van der Waals surface area contributed by atoms with Crippen LogP contribution in [0.4, 0.5) is 5.69 Å². The molecule has 148 valence electrons. The molecule has 1 atom stereocenters. The van der Waals surface area contributed by atoms with Crippen LogP contribution in [0, 0.1) is 6.92 Å². The van der Waals surface area contributed by atoms with Crippen molar-refractivity contribution < 1.29 is 19.1 Å². The molecule has 7 heteroatoms. The van der Waals surface area contributed by atoms with E-state index in [9.17, 15) is 9.59 Å². The van der Waals surface area contributed by atoms with Crippen LogP contribution in [0.1, 0.15) is 42.4 Å². The Kier molecular flexibility index (Phi) is 6.04. The summed E-state index contributed by atoms with van der Waals surface area (Å²) in [5.74, 6) is -0.0404. The van der Waals surface area contributed by atoms with Crippen LogP contribution < -0.4 is 10.1 Å². The van der Waals surface area contributed by atoms with E-state index in [-0.39, 0.29) is 12.5 Å². The number of thiophene rings is 1. The summed E-state index contributed by atoms with van der Waals surface area (Å²) in [6.07, 6.45) is 0.522. The van der Waals surface area contributed by atoms with Crippen LogP contribution in [-0.2, 0) is 9.53 Å². The van der Waals surface area contributed by atoms with E-state index in [0.717, 1.165) is 15.8 Å². The molecular weight excluding hydrogens is 376 g/mol. The number of aromatic nitrogens is 1. The molecule has 0 bridgehead atoms. The highest BCUT2D eigenvalue weighted by atomic mass is 32.1. The van der Waals surface area contributed by atoms with Gasteiger partial charge in [0, 0.05) is 5.39 Å². The van der Waals surface area contributed by atoms with Gasteiger partial charge in [0.05, 0.1) is 19.4 Å². The minimum atomic E-state index is -0.555. The van der Waals surface area contributed by atoms with Crippen molar-refractivity contribution in [3.8, 4) is 5.75 Å². The zero-order valence-corrected chi connectivity index (χ0v) is 17.3. The van der Waals surface area contributed by atoms with Crippen molar-refractivity contribution in [3.05, 3.63) is 47.0 Å². The van der Waals surface area contributed by atoms with Crippen molar-refractivity contribution in [1.82, 2.24) is 4.57 Å². The molecule has 0 aliphatic rings. The average Bonchev–Trinajstić information content (AvgIpc) is 3.25. The fraction of sp³-hybridized carbons (Fsp3) is 0.333. The van der Waals surface area contributed by atoms with Crippen molar-refractivity contribution >= 4 is 39.1 Å². The first-order valence-corrected chi connectivity index (χ1v) is 10.1. The van der Waals surface area contributed by atoms with Gasteiger partial charge in [0.25, 0.3) is 0 Å². The van der Waals surface area contributed by atoms with Crippen molar-refractivity contribution in [2.45, 2.75) is 33.2 Å². The third-order valence-corrected chi connectivity index (χ3v) is 5.47. The summed E-state index contributed by atoms with van der Waals surface area (Å²) >= 11 is 1.50. The second-order valence-corrected chi connectivity index (χ2v) is 7.31. The van der Waals surface area contributed by atoms with Crippen molar-refractivity contribution in [1.29, 1.82) is 0 Å². The predicted octanol–water partition coefficient (Wildman–Crippen LogP) is 4.79. The molecule has 28 heavy (non-hydrogen) atoms. The average molecular weight is 401 g/mol. The smallest absolute Gasteiger partial charge is 0.355 e. The number of aryl methyl sites for hydroxylation is 1. The number of carbonyl (C=O) groups excluding carboxylic acids is 2. The molecule has 2 heterocycles. The summed E-state index contributed by atoms with van der Waals surface area (Å²) < 4.78 is 12.4. The molecule has 0 fully saturated rings. The Morgan fingerprint density at radius 2 is 2.00 bits per heavy atom. The van der Waals surface area contributed by atoms with E-state index < -0.39 is 12.0 Å². The molecule has 0 aliphatic heterocycles. The molecule has 3 aromatic rings. The number of hydrogen-bond acceptors (Lipinski definition) is 5. The molecular formula is C21H24N2O4S. The summed E-state index contributed by atoms with van der Waals surface area (Å²) in [6.45, 7) is 5.92. The second kappa shape index (κ2) is 8.48. The second-order valence-electron chi connectivity index (χ2n) is 6.42.